The summed E-state index contributed by atoms with van der Waals surface area (Å²) in [5.41, 5.74) is 2.39. The van der Waals surface area contributed by atoms with Crippen molar-refractivity contribution >= 4 is 30.7 Å². The summed E-state index contributed by atoms with van der Waals surface area (Å²) in [5, 5.41) is 0.710. The Balaban J connectivity index is 1.55. The Bertz CT molecular complexity index is 1170. The standard InChI is InChI=1S/C38H61ClO2SSi/c1-11-27(8)32-16-17-33-36-34(19-21-38(32,33)10)37(9)20-18-30(41-43(24(2)3,25(4)5)26(6)7)22-28(37)23-35(36)42(40)31-14-12-29(39)13-15-31/h12-15,23-28,30,32-34,36H,11,16-22H2,1-10H3/t27-,28?,30-,32+,33-,34-,36-,37-,38+,42?/m0/s1. The van der Waals surface area contributed by atoms with Crippen LogP contribution in [0.4, 0.5) is 0 Å². The lowest BCUT2D eigenvalue weighted by molar-refractivity contribution is -0.0813. The molecule has 0 spiro atoms. The quantitative estimate of drug-likeness (QED) is 0.250. The van der Waals surface area contributed by atoms with Gasteiger partial charge in [-0.15, -0.1) is 0 Å². The topological polar surface area (TPSA) is 26.3 Å². The van der Waals surface area contributed by atoms with E-state index in [2.05, 4.69) is 75.3 Å². The minimum atomic E-state index is -1.97. The van der Waals surface area contributed by atoms with Crippen LogP contribution in [0.2, 0.25) is 21.6 Å². The van der Waals surface area contributed by atoms with Crippen molar-refractivity contribution in [2.45, 2.75) is 148 Å². The van der Waals surface area contributed by atoms with Crippen LogP contribution in [0.25, 0.3) is 0 Å². The van der Waals surface area contributed by atoms with Crippen molar-refractivity contribution in [3.05, 3.63) is 40.3 Å². The van der Waals surface area contributed by atoms with Crippen molar-refractivity contribution in [2.75, 3.05) is 0 Å². The minimum absolute atomic E-state index is 0.256. The molecule has 0 N–H and O–H groups in total. The van der Waals surface area contributed by atoms with Gasteiger partial charge in [0.25, 0.3) is 0 Å². The largest absolute Gasteiger partial charge is 0.413 e. The van der Waals surface area contributed by atoms with Gasteiger partial charge in [0.05, 0.1) is 10.8 Å². The molecule has 3 fully saturated rings. The third-order valence-corrected chi connectivity index (χ3v) is 21.8. The zero-order chi connectivity index (χ0) is 31.5. The van der Waals surface area contributed by atoms with E-state index in [1.165, 1.54) is 49.9 Å². The number of hydrogen-bond donors (Lipinski definition) is 0. The first-order chi connectivity index (χ1) is 20.2. The van der Waals surface area contributed by atoms with Crippen LogP contribution >= 0.6 is 11.6 Å². The molecule has 4 aliphatic rings. The number of hydrogen-bond acceptors (Lipinski definition) is 2. The zero-order valence-corrected chi connectivity index (χ0v) is 31.5. The van der Waals surface area contributed by atoms with E-state index in [9.17, 15) is 4.21 Å². The molecule has 10 atom stereocenters. The molecule has 0 heterocycles. The van der Waals surface area contributed by atoms with E-state index >= 15 is 0 Å². The Hall–Kier alpha value is -0.423. The Morgan fingerprint density at radius 2 is 1.47 bits per heavy atom. The van der Waals surface area contributed by atoms with Crippen LogP contribution in [-0.2, 0) is 15.2 Å². The van der Waals surface area contributed by atoms with Gasteiger partial charge in [-0.2, -0.15) is 0 Å². The molecule has 5 heteroatoms. The van der Waals surface area contributed by atoms with Crippen LogP contribution in [-0.4, -0.2) is 18.6 Å². The normalized spacial score (nSPS) is 37.6. The molecular weight excluding hydrogens is 584 g/mol. The molecule has 5 rings (SSSR count). The molecule has 2 unspecified atom stereocenters. The molecular formula is C38H61ClO2SSi. The fourth-order valence-electron chi connectivity index (χ4n) is 11.6. The van der Waals surface area contributed by atoms with E-state index < -0.39 is 19.1 Å². The summed E-state index contributed by atoms with van der Waals surface area (Å²) in [7, 11) is -3.13. The van der Waals surface area contributed by atoms with Crippen molar-refractivity contribution in [1.82, 2.24) is 0 Å². The molecule has 0 bridgehead atoms. The Morgan fingerprint density at radius 3 is 2.05 bits per heavy atom. The summed E-state index contributed by atoms with van der Waals surface area (Å²) in [6, 6.07) is 7.83. The molecule has 242 valence electrons. The van der Waals surface area contributed by atoms with Crippen LogP contribution in [0.5, 0.6) is 0 Å². The first-order valence-corrected chi connectivity index (χ1v) is 21.4. The summed E-state index contributed by atoms with van der Waals surface area (Å²) in [6.45, 7) is 24.5. The van der Waals surface area contributed by atoms with Crippen LogP contribution in [0.3, 0.4) is 0 Å². The average molecular weight is 646 g/mol. The van der Waals surface area contributed by atoms with E-state index in [1.54, 1.807) is 0 Å². The zero-order valence-electron chi connectivity index (χ0n) is 28.9. The maximum Gasteiger partial charge on any atom is 0.200 e. The summed E-state index contributed by atoms with van der Waals surface area (Å²) in [4.78, 5) is 2.16. The molecule has 0 aliphatic heterocycles. The first-order valence-electron chi connectivity index (χ1n) is 17.8. The molecule has 0 radical (unpaired) electrons. The molecule has 2 nitrogen and oxygen atoms in total. The van der Waals surface area contributed by atoms with Crippen LogP contribution < -0.4 is 0 Å². The second kappa shape index (κ2) is 12.6. The molecule has 43 heavy (non-hydrogen) atoms. The SMILES string of the molecule is CC[C@H](C)[C@H]1CC[C@H]2[C@@H]3C(S(=O)c4ccc(Cl)cc4)=CC4C[C@@H](O[Si](C(C)C)(C(C)C)C(C)C)CC[C@]4(C)[C@H]3CC[C@]12C. The van der Waals surface area contributed by atoms with E-state index in [4.69, 9.17) is 16.0 Å². The van der Waals surface area contributed by atoms with E-state index in [-0.39, 0.29) is 5.41 Å². The summed E-state index contributed by atoms with van der Waals surface area (Å²) < 4.78 is 22.1. The highest BCUT2D eigenvalue weighted by Crippen LogP contribution is 2.69. The lowest BCUT2D eigenvalue weighted by Crippen LogP contribution is -2.56. The fraction of sp³-hybridized carbons (Fsp3) is 0.789. The van der Waals surface area contributed by atoms with Crippen molar-refractivity contribution in [3.8, 4) is 0 Å². The van der Waals surface area contributed by atoms with Crippen LogP contribution in [0, 0.1) is 46.3 Å². The van der Waals surface area contributed by atoms with Gasteiger partial charge in [0, 0.05) is 20.9 Å². The lowest BCUT2D eigenvalue weighted by Gasteiger charge is -2.61. The molecule has 1 aromatic rings. The Morgan fingerprint density at radius 1 is 0.884 bits per heavy atom. The maximum absolute atomic E-state index is 14.7. The predicted octanol–water partition coefficient (Wildman–Crippen LogP) is 11.8. The Labute approximate surface area is 273 Å². The van der Waals surface area contributed by atoms with Crippen molar-refractivity contribution in [1.29, 1.82) is 0 Å². The monoisotopic (exact) mass is 644 g/mol. The average Bonchev–Trinajstić information content (AvgIpc) is 3.31. The molecule has 4 aliphatic carbocycles. The maximum atomic E-state index is 14.7. The van der Waals surface area contributed by atoms with Gasteiger partial charge in [0.2, 0.25) is 8.32 Å². The molecule has 1 aromatic carbocycles. The van der Waals surface area contributed by atoms with Gasteiger partial charge in [-0.3, -0.25) is 0 Å². The van der Waals surface area contributed by atoms with Crippen molar-refractivity contribution < 1.29 is 8.63 Å². The van der Waals surface area contributed by atoms with Crippen LogP contribution in [0.1, 0.15) is 121 Å². The molecule has 3 saturated carbocycles. The van der Waals surface area contributed by atoms with Gasteiger partial charge in [0.1, 0.15) is 0 Å². The van der Waals surface area contributed by atoms with Gasteiger partial charge in [-0.05, 0) is 132 Å². The highest BCUT2D eigenvalue weighted by atomic mass is 35.5. The van der Waals surface area contributed by atoms with Gasteiger partial charge >= 0.3 is 0 Å². The van der Waals surface area contributed by atoms with Gasteiger partial charge < -0.3 is 4.43 Å². The van der Waals surface area contributed by atoms with Crippen LogP contribution in [0.15, 0.2) is 40.1 Å². The molecule has 0 amide bonds. The smallest absolute Gasteiger partial charge is 0.200 e. The van der Waals surface area contributed by atoms with E-state index in [1.807, 2.05) is 24.3 Å². The first kappa shape index (κ1) is 33.9. The van der Waals surface area contributed by atoms with Crippen molar-refractivity contribution in [3.63, 3.8) is 0 Å². The molecule has 0 aromatic heterocycles. The highest BCUT2D eigenvalue weighted by molar-refractivity contribution is 7.89. The van der Waals surface area contributed by atoms with E-state index in [0.29, 0.717) is 56.8 Å². The van der Waals surface area contributed by atoms with Gasteiger partial charge in [-0.1, -0.05) is 93.3 Å². The Kier molecular flexibility index (Phi) is 9.98. The predicted molar refractivity (Wildman–Crippen MR) is 187 cm³/mol. The third-order valence-electron chi connectivity index (χ3n) is 13.9. The number of fused-ring (bicyclic) bond motifs is 5. The number of allylic oxidation sites excluding steroid dienone is 2. The number of benzene rings is 1. The minimum Gasteiger partial charge on any atom is -0.413 e. The fourth-order valence-corrected chi connectivity index (χ4v) is 18.8. The lowest BCUT2D eigenvalue weighted by atomic mass is 9.46. The molecule has 0 saturated heterocycles. The second-order valence-corrected chi connectivity index (χ2v) is 23.9. The second-order valence-electron chi connectivity index (χ2n) is 16.6. The van der Waals surface area contributed by atoms with Crippen molar-refractivity contribution in [2.24, 2.45) is 46.3 Å². The number of rotatable bonds is 9. The van der Waals surface area contributed by atoms with E-state index in [0.717, 1.165) is 23.2 Å². The van der Waals surface area contributed by atoms with Gasteiger partial charge in [0.15, 0.2) is 0 Å². The number of halogens is 1. The summed E-state index contributed by atoms with van der Waals surface area (Å²) >= 11 is 6.28. The highest BCUT2D eigenvalue weighted by Gasteiger charge is 2.62. The summed E-state index contributed by atoms with van der Waals surface area (Å²) in [5.74, 6) is 3.61. The summed E-state index contributed by atoms with van der Waals surface area (Å²) in [6.07, 6.45) is 12.9. The third kappa shape index (κ3) is 5.63. The van der Waals surface area contributed by atoms with Gasteiger partial charge in [-0.25, -0.2) is 4.21 Å².